The highest BCUT2D eigenvalue weighted by Crippen LogP contribution is 2.07. The third-order valence-electron chi connectivity index (χ3n) is 2.64. The van der Waals surface area contributed by atoms with Crippen LogP contribution in [-0.4, -0.2) is 25.2 Å². The lowest BCUT2D eigenvalue weighted by molar-refractivity contribution is 0.0230. The maximum Gasteiger partial charge on any atom is 0.248 e. The van der Waals surface area contributed by atoms with Crippen molar-refractivity contribution in [2.75, 3.05) is 13.7 Å². The van der Waals surface area contributed by atoms with E-state index in [1.165, 1.54) is 0 Å². The van der Waals surface area contributed by atoms with E-state index in [4.69, 9.17) is 10.5 Å². The third kappa shape index (κ3) is 4.54. The summed E-state index contributed by atoms with van der Waals surface area (Å²) in [6.45, 7) is 5.46. The van der Waals surface area contributed by atoms with Crippen molar-refractivity contribution in [2.45, 2.75) is 26.0 Å². The second-order valence-corrected chi connectivity index (χ2v) is 4.63. The number of carbonyl (C=O) groups excluding carboxylic acids is 1. The second-order valence-electron chi connectivity index (χ2n) is 4.63. The molecule has 0 saturated carbocycles. The molecule has 0 aliphatic rings. The van der Waals surface area contributed by atoms with Gasteiger partial charge in [-0.2, -0.15) is 0 Å². The Balaban J connectivity index is 2.52. The zero-order valence-electron chi connectivity index (χ0n) is 10.6. The lowest BCUT2D eigenvalue weighted by atomic mass is 10.1. The SMILES string of the molecule is COC(C)(C)CNCc1cccc(C(N)=O)c1. The second kappa shape index (κ2) is 5.80. The predicted molar refractivity (Wildman–Crippen MR) is 67.8 cm³/mol. The number of amides is 1. The quantitative estimate of drug-likeness (QED) is 0.782. The van der Waals surface area contributed by atoms with Gasteiger partial charge in [-0.3, -0.25) is 4.79 Å². The van der Waals surface area contributed by atoms with Crippen LogP contribution in [0, 0.1) is 0 Å². The first kappa shape index (κ1) is 13.7. The molecule has 0 fully saturated rings. The van der Waals surface area contributed by atoms with Crippen LogP contribution in [0.2, 0.25) is 0 Å². The molecule has 0 radical (unpaired) electrons. The van der Waals surface area contributed by atoms with Gasteiger partial charge in [-0.25, -0.2) is 0 Å². The van der Waals surface area contributed by atoms with Crippen LogP contribution in [0.1, 0.15) is 29.8 Å². The van der Waals surface area contributed by atoms with Gasteiger partial charge >= 0.3 is 0 Å². The third-order valence-corrected chi connectivity index (χ3v) is 2.64. The minimum atomic E-state index is -0.399. The molecule has 0 spiro atoms. The molecule has 17 heavy (non-hydrogen) atoms. The number of rotatable bonds is 6. The van der Waals surface area contributed by atoms with Gasteiger partial charge in [0.15, 0.2) is 0 Å². The number of hydrogen-bond acceptors (Lipinski definition) is 3. The van der Waals surface area contributed by atoms with Crippen molar-refractivity contribution in [3.8, 4) is 0 Å². The minimum absolute atomic E-state index is 0.193. The van der Waals surface area contributed by atoms with Gasteiger partial charge < -0.3 is 15.8 Å². The van der Waals surface area contributed by atoms with Gasteiger partial charge in [-0.05, 0) is 31.5 Å². The average Bonchev–Trinajstić information content (AvgIpc) is 2.29. The summed E-state index contributed by atoms with van der Waals surface area (Å²) in [5.74, 6) is -0.399. The van der Waals surface area contributed by atoms with Crippen LogP contribution in [0.25, 0.3) is 0 Å². The van der Waals surface area contributed by atoms with Gasteiger partial charge in [-0.1, -0.05) is 12.1 Å². The van der Waals surface area contributed by atoms with Crippen molar-refractivity contribution in [1.82, 2.24) is 5.32 Å². The maximum absolute atomic E-state index is 11.0. The fraction of sp³-hybridized carbons (Fsp3) is 0.462. The van der Waals surface area contributed by atoms with E-state index in [1.807, 2.05) is 26.0 Å². The van der Waals surface area contributed by atoms with Crippen molar-refractivity contribution in [3.63, 3.8) is 0 Å². The summed E-state index contributed by atoms with van der Waals surface area (Å²) < 4.78 is 5.30. The summed E-state index contributed by atoms with van der Waals surface area (Å²) in [7, 11) is 1.69. The molecule has 0 unspecified atom stereocenters. The number of carbonyl (C=O) groups is 1. The van der Waals surface area contributed by atoms with E-state index in [9.17, 15) is 4.79 Å². The first-order valence-corrected chi connectivity index (χ1v) is 5.59. The Morgan fingerprint density at radius 2 is 2.18 bits per heavy atom. The number of methoxy groups -OCH3 is 1. The molecular formula is C13H20N2O2. The highest BCUT2D eigenvalue weighted by atomic mass is 16.5. The number of primary amides is 1. The van der Waals surface area contributed by atoms with Crippen molar-refractivity contribution in [1.29, 1.82) is 0 Å². The van der Waals surface area contributed by atoms with E-state index >= 15 is 0 Å². The summed E-state index contributed by atoms with van der Waals surface area (Å²) >= 11 is 0. The summed E-state index contributed by atoms with van der Waals surface area (Å²) in [6.07, 6.45) is 0. The normalized spacial score (nSPS) is 11.5. The molecule has 0 aromatic heterocycles. The van der Waals surface area contributed by atoms with Gasteiger partial charge in [0, 0.05) is 25.8 Å². The molecule has 0 saturated heterocycles. The van der Waals surface area contributed by atoms with Gasteiger partial charge in [-0.15, -0.1) is 0 Å². The van der Waals surface area contributed by atoms with E-state index < -0.39 is 5.91 Å². The van der Waals surface area contributed by atoms with Crippen LogP contribution < -0.4 is 11.1 Å². The molecule has 4 nitrogen and oxygen atoms in total. The van der Waals surface area contributed by atoms with Crippen LogP contribution in [0.3, 0.4) is 0 Å². The molecule has 3 N–H and O–H groups in total. The smallest absolute Gasteiger partial charge is 0.248 e. The number of ether oxygens (including phenoxy) is 1. The largest absolute Gasteiger partial charge is 0.377 e. The summed E-state index contributed by atoms with van der Waals surface area (Å²) in [5.41, 5.74) is 6.60. The molecule has 0 heterocycles. The first-order chi connectivity index (χ1) is 7.94. The molecule has 1 aromatic rings. The van der Waals surface area contributed by atoms with Gasteiger partial charge in [0.1, 0.15) is 0 Å². The molecular weight excluding hydrogens is 216 g/mol. The predicted octanol–water partition coefficient (Wildman–Crippen LogP) is 1.30. The number of nitrogens with two attached hydrogens (primary N) is 1. The highest BCUT2D eigenvalue weighted by Gasteiger charge is 2.15. The van der Waals surface area contributed by atoms with Crippen molar-refractivity contribution in [2.24, 2.45) is 5.73 Å². The van der Waals surface area contributed by atoms with Crippen molar-refractivity contribution < 1.29 is 9.53 Å². The molecule has 0 bridgehead atoms. The molecule has 0 aliphatic heterocycles. The standard InChI is InChI=1S/C13H20N2O2/c1-13(2,17-3)9-15-8-10-5-4-6-11(7-10)12(14)16/h4-7,15H,8-9H2,1-3H3,(H2,14,16). The molecule has 1 amide bonds. The van der Waals surface area contributed by atoms with E-state index in [0.29, 0.717) is 12.1 Å². The fourth-order valence-electron chi connectivity index (χ4n) is 1.41. The Kier molecular flexibility index (Phi) is 4.66. The summed E-state index contributed by atoms with van der Waals surface area (Å²) in [5, 5.41) is 3.28. The Hall–Kier alpha value is -1.39. The van der Waals surface area contributed by atoms with E-state index in [1.54, 1.807) is 19.2 Å². The zero-order chi connectivity index (χ0) is 12.9. The van der Waals surface area contributed by atoms with E-state index in [-0.39, 0.29) is 5.60 Å². The van der Waals surface area contributed by atoms with Crippen LogP contribution >= 0.6 is 0 Å². The Labute approximate surface area is 102 Å². The van der Waals surface area contributed by atoms with Crippen LogP contribution in [0.15, 0.2) is 24.3 Å². The van der Waals surface area contributed by atoms with Gasteiger partial charge in [0.2, 0.25) is 5.91 Å². The van der Waals surface area contributed by atoms with Gasteiger partial charge in [0.05, 0.1) is 5.60 Å². The van der Waals surface area contributed by atoms with Crippen LogP contribution in [-0.2, 0) is 11.3 Å². The molecule has 1 aromatic carbocycles. The van der Waals surface area contributed by atoms with Crippen molar-refractivity contribution >= 4 is 5.91 Å². The molecule has 0 atom stereocenters. The average molecular weight is 236 g/mol. The summed E-state index contributed by atoms with van der Waals surface area (Å²) in [4.78, 5) is 11.0. The maximum atomic E-state index is 11.0. The summed E-state index contributed by atoms with van der Waals surface area (Å²) in [6, 6.07) is 7.30. The van der Waals surface area contributed by atoms with Crippen molar-refractivity contribution in [3.05, 3.63) is 35.4 Å². The van der Waals surface area contributed by atoms with E-state index in [2.05, 4.69) is 5.32 Å². The lowest BCUT2D eigenvalue weighted by Crippen LogP contribution is -2.36. The van der Waals surface area contributed by atoms with Crippen LogP contribution in [0.5, 0.6) is 0 Å². The van der Waals surface area contributed by atoms with Gasteiger partial charge in [0.25, 0.3) is 0 Å². The molecule has 0 aliphatic carbocycles. The Bertz CT molecular complexity index is 389. The lowest BCUT2D eigenvalue weighted by Gasteiger charge is -2.23. The number of hydrogen-bond donors (Lipinski definition) is 2. The number of benzene rings is 1. The van der Waals surface area contributed by atoms with Crippen LogP contribution in [0.4, 0.5) is 0 Å². The Morgan fingerprint density at radius 3 is 2.76 bits per heavy atom. The molecule has 94 valence electrons. The minimum Gasteiger partial charge on any atom is -0.377 e. The van der Waals surface area contributed by atoms with E-state index in [0.717, 1.165) is 12.1 Å². The highest BCUT2D eigenvalue weighted by molar-refractivity contribution is 5.92. The molecule has 1 rings (SSSR count). The Morgan fingerprint density at radius 1 is 1.47 bits per heavy atom. The first-order valence-electron chi connectivity index (χ1n) is 5.59. The number of nitrogens with one attached hydrogen (secondary N) is 1. The zero-order valence-corrected chi connectivity index (χ0v) is 10.6. The monoisotopic (exact) mass is 236 g/mol. The topological polar surface area (TPSA) is 64.3 Å². The molecule has 4 heteroatoms. The fourth-order valence-corrected chi connectivity index (χ4v) is 1.41.